The number of ether oxygens (including phenoxy) is 3. The molecule has 23 heavy (non-hydrogen) atoms. The van der Waals surface area contributed by atoms with Crippen LogP contribution in [-0.4, -0.2) is 58.3 Å². The summed E-state index contributed by atoms with van der Waals surface area (Å²) in [5, 5.41) is 0. The third kappa shape index (κ3) is 3.44. The van der Waals surface area contributed by atoms with E-state index in [1.54, 1.807) is 29.6 Å². The first kappa shape index (κ1) is 16.9. The maximum absolute atomic E-state index is 13.1. The molecule has 1 spiro atoms. The first-order valence-electron chi connectivity index (χ1n) is 7.86. The summed E-state index contributed by atoms with van der Waals surface area (Å²) in [6.45, 7) is 2.71. The summed E-state index contributed by atoms with van der Waals surface area (Å²) >= 11 is 0. The van der Waals surface area contributed by atoms with Gasteiger partial charge in [-0.15, -0.1) is 0 Å². The predicted octanol–water partition coefficient (Wildman–Crippen LogP) is 1.40. The molecule has 0 aromatic heterocycles. The Morgan fingerprint density at radius 1 is 1.22 bits per heavy atom. The van der Waals surface area contributed by atoms with Gasteiger partial charge in [0.1, 0.15) is 0 Å². The standard InChI is InChI=1S/C16H23NO5S/c1-20-12-14-4-2-3-5-15(14)23(18,19)17-8-11-22-16(13-17)6-9-21-10-7-16/h2-5H,6-13H2,1H3. The van der Waals surface area contributed by atoms with Gasteiger partial charge in [0.2, 0.25) is 10.0 Å². The zero-order valence-corrected chi connectivity index (χ0v) is 14.2. The van der Waals surface area contributed by atoms with E-state index in [-0.39, 0.29) is 6.61 Å². The molecule has 2 saturated heterocycles. The summed E-state index contributed by atoms with van der Waals surface area (Å²) < 4.78 is 44.2. The van der Waals surface area contributed by atoms with Crippen LogP contribution in [0.2, 0.25) is 0 Å². The minimum atomic E-state index is -3.56. The Labute approximate surface area is 137 Å². The molecule has 0 aliphatic carbocycles. The van der Waals surface area contributed by atoms with Gasteiger partial charge in [0.05, 0.1) is 23.7 Å². The van der Waals surface area contributed by atoms with E-state index in [4.69, 9.17) is 14.2 Å². The van der Waals surface area contributed by atoms with Crippen molar-refractivity contribution in [2.24, 2.45) is 0 Å². The first-order chi connectivity index (χ1) is 11.1. The van der Waals surface area contributed by atoms with Crippen LogP contribution in [0.5, 0.6) is 0 Å². The molecule has 1 aromatic rings. The van der Waals surface area contributed by atoms with Crippen LogP contribution < -0.4 is 0 Å². The van der Waals surface area contributed by atoms with Crippen LogP contribution in [0.25, 0.3) is 0 Å². The zero-order chi connectivity index (χ0) is 16.3. The molecule has 0 N–H and O–H groups in total. The fourth-order valence-corrected chi connectivity index (χ4v) is 4.94. The van der Waals surface area contributed by atoms with E-state index in [0.717, 1.165) is 12.8 Å². The molecule has 128 valence electrons. The largest absolute Gasteiger partial charge is 0.381 e. The fourth-order valence-electron chi connectivity index (χ4n) is 3.23. The van der Waals surface area contributed by atoms with Crippen molar-refractivity contribution in [3.05, 3.63) is 29.8 Å². The average Bonchev–Trinajstić information content (AvgIpc) is 2.56. The SMILES string of the molecule is COCc1ccccc1S(=O)(=O)N1CCOC2(CCOCC2)C1. The molecule has 0 unspecified atom stereocenters. The Morgan fingerprint density at radius 3 is 2.70 bits per heavy atom. The number of morpholine rings is 1. The van der Waals surface area contributed by atoms with E-state index in [9.17, 15) is 8.42 Å². The summed E-state index contributed by atoms with van der Waals surface area (Å²) in [4.78, 5) is 0.325. The van der Waals surface area contributed by atoms with E-state index in [2.05, 4.69) is 0 Å². The third-order valence-corrected chi connectivity index (χ3v) is 6.45. The maximum Gasteiger partial charge on any atom is 0.243 e. The lowest BCUT2D eigenvalue weighted by atomic mass is 9.93. The van der Waals surface area contributed by atoms with Crippen LogP contribution in [0.3, 0.4) is 0 Å². The average molecular weight is 341 g/mol. The second-order valence-electron chi connectivity index (χ2n) is 6.02. The van der Waals surface area contributed by atoms with Crippen molar-refractivity contribution >= 4 is 10.0 Å². The van der Waals surface area contributed by atoms with Gasteiger partial charge >= 0.3 is 0 Å². The summed E-state index contributed by atoms with van der Waals surface area (Å²) in [7, 11) is -1.99. The van der Waals surface area contributed by atoms with E-state index in [0.29, 0.717) is 43.4 Å². The number of hydrogen-bond acceptors (Lipinski definition) is 5. The van der Waals surface area contributed by atoms with Crippen molar-refractivity contribution in [1.29, 1.82) is 0 Å². The molecule has 3 rings (SSSR count). The van der Waals surface area contributed by atoms with E-state index >= 15 is 0 Å². The molecule has 0 amide bonds. The van der Waals surface area contributed by atoms with Gasteiger partial charge in [0, 0.05) is 46.3 Å². The van der Waals surface area contributed by atoms with Crippen LogP contribution in [0.4, 0.5) is 0 Å². The van der Waals surface area contributed by atoms with Crippen LogP contribution in [0, 0.1) is 0 Å². The quantitative estimate of drug-likeness (QED) is 0.828. The monoisotopic (exact) mass is 341 g/mol. The van der Waals surface area contributed by atoms with Crippen molar-refractivity contribution < 1.29 is 22.6 Å². The number of rotatable bonds is 4. The van der Waals surface area contributed by atoms with E-state index < -0.39 is 15.6 Å². The number of benzene rings is 1. The minimum absolute atomic E-state index is 0.277. The highest BCUT2D eigenvalue weighted by molar-refractivity contribution is 7.89. The van der Waals surface area contributed by atoms with Crippen molar-refractivity contribution in [2.75, 3.05) is 40.0 Å². The van der Waals surface area contributed by atoms with Crippen LogP contribution in [-0.2, 0) is 30.8 Å². The molecule has 0 atom stereocenters. The van der Waals surface area contributed by atoms with Crippen LogP contribution in [0.1, 0.15) is 18.4 Å². The molecule has 2 aliphatic rings. The van der Waals surface area contributed by atoms with Gasteiger partial charge in [-0.05, 0) is 11.6 Å². The molecule has 0 saturated carbocycles. The molecule has 0 radical (unpaired) electrons. The molecule has 2 fully saturated rings. The third-order valence-electron chi connectivity index (χ3n) is 4.51. The van der Waals surface area contributed by atoms with Gasteiger partial charge in [-0.1, -0.05) is 18.2 Å². The second kappa shape index (κ2) is 6.86. The molecule has 2 aliphatic heterocycles. The topological polar surface area (TPSA) is 65.1 Å². The number of nitrogens with zero attached hydrogens (tertiary/aromatic N) is 1. The number of methoxy groups -OCH3 is 1. The minimum Gasteiger partial charge on any atom is -0.381 e. The molecular formula is C16H23NO5S. The Bertz CT molecular complexity index is 634. The molecule has 1 aromatic carbocycles. The molecule has 0 bridgehead atoms. The summed E-state index contributed by atoms with van der Waals surface area (Å²) in [6, 6.07) is 7.01. The number of sulfonamides is 1. The van der Waals surface area contributed by atoms with Crippen LogP contribution in [0.15, 0.2) is 29.2 Å². The van der Waals surface area contributed by atoms with Gasteiger partial charge < -0.3 is 14.2 Å². The van der Waals surface area contributed by atoms with Crippen molar-refractivity contribution in [1.82, 2.24) is 4.31 Å². The van der Waals surface area contributed by atoms with Gasteiger partial charge in [0.15, 0.2) is 0 Å². The van der Waals surface area contributed by atoms with Crippen LogP contribution >= 0.6 is 0 Å². The highest BCUT2D eigenvalue weighted by Gasteiger charge is 2.42. The van der Waals surface area contributed by atoms with Gasteiger partial charge in [-0.2, -0.15) is 4.31 Å². The number of hydrogen-bond donors (Lipinski definition) is 0. The first-order valence-corrected chi connectivity index (χ1v) is 9.30. The maximum atomic E-state index is 13.1. The predicted molar refractivity (Wildman–Crippen MR) is 84.6 cm³/mol. The fraction of sp³-hybridized carbons (Fsp3) is 0.625. The molecular weight excluding hydrogens is 318 g/mol. The molecule has 6 nitrogen and oxygen atoms in total. The Balaban J connectivity index is 1.87. The van der Waals surface area contributed by atoms with Gasteiger partial charge in [0.25, 0.3) is 0 Å². The van der Waals surface area contributed by atoms with Crippen molar-refractivity contribution in [3.8, 4) is 0 Å². The van der Waals surface area contributed by atoms with Gasteiger partial charge in [-0.25, -0.2) is 8.42 Å². The lowest BCUT2D eigenvalue weighted by Gasteiger charge is -2.44. The second-order valence-corrected chi connectivity index (χ2v) is 7.93. The smallest absolute Gasteiger partial charge is 0.243 e. The van der Waals surface area contributed by atoms with Crippen molar-refractivity contribution in [2.45, 2.75) is 29.9 Å². The van der Waals surface area contributed by atoms with Crippen molar-refractivity contribution in [3.63, 3.8) is 0 Å². The normalized spacial score (nSPS) is 22.3. The molecule has 2 heterocycles. The Morgan fingerprint density at radius 2 is 1.96 bits per heavy atom. The Kier molecular flexibility index (Phi) is 5.03. The summed E-state index contributed by atoms with van der Waals surface area (Å²) in [5.74, 6) is 0. The molecule has 7 heteroatoms. The lowest BCUT2D eigenvalue weighted by molar-refractivity contribution is -0.139. The Hall–Kier alpha value is -0.990. The summed E-state index contributed by atoms with van der Waals surface area (Å²) in [6.07, 6.45) is 1.47. The zero-order valence-electron chi connectivity index (χ0n) is 13.4. The summed E-state index contributed by atoms with van der Waals surface area (Å²) in [5.41, 5.74) is 0.280. The lowest BCUT2D eigenvalue weighted by Crippen LogP contribution is -2.55. The van der Waals surface area contributed by atoms with E-state index in [1.807, 2.05) is 6.07 Å². The van der Waals surface area contributed by atoms with E-state index in [1.165, 1.54) is 0 Å². The van der Waals surface area contributed by atoms with Gasteiger partial charge in [-0.3, -0.25) is 0 Å². The highest BCUT2D eigenvalue weighted by Crippen LogP contribution is 2.32. The highest BCUT2D eigenvalue weighted by atomic mass is 32.2.